The van der Waals surface area contributed by atoms with Gasteiger partial charge in [0.25, 0.3) is 0 Å². The van der Waals surface area contributed by atoms with E-state index in [1.165, 1.54) is 24.0 Å². The van der Waals surface area contributed by atoms with Crippen LogP contribution in [0.2, 0.25) is 5.02 Å². The summed E-state index contributed by atoms with van der Waals surface area (Å²) in [5, 5.41) is 4.34. The number of hydrogen-bond acceptors (Lipinski definition) is 2. The first-order valence-corrected chi connectivity index (χ1v) is 7.96. The molecule has 0 unspecified atom stereocenters. The van der Waals surface area contributed by atoms with Crippen LogP contribution in [0.5, 0.6) is 5.75 Å². The highest BCUT2D eigenvalue weighted by Crippen LogP contribution is 2.38. The Morgan fingerprint density at radius 2 is 2.10 bits per heavy atom. The molecule has 0 amide bonds. The minimum absolute atomic E-state index is 0.700. The lowest BCUT2D eigenvalue weighted by atomic mass is 10.00. The third kappa shape index (κ3) is 2.66. The predicted octanol–water partition coefficient (Wildman–Crippen LogP) is 4.19. The summed E-state index contributed by atoms with van der Waals surface area (Å²) in [5.41, 5.74) is 4.74. The molecule has 2 aliphatic rings. The van der Waals surface area contributed by atoms with Crippen molar-refractivity contribution in [2.24, 2.45) is 0 Å². The highest BCUT2D eigenvalue weighted by atomic mass is 35.5. The molecule has 21 heavy (non-hydrogen) atoms. The van der Waals surface area contributed by atoms with Crippen LogP contribution in [0.15, 0.2) is 36.4 Å². The molecule has 2 nitrogen and oxygen atoms in total. The van der Waals surface area contributed by atoms with Crippen molar-refractivity contribution < 1.29 is 4.74 Å². The minimum atomic E-state index is 0.700. The zero-order chi connectivity index (χ0) is 14.2. The van der Waals surface area contributed by atoms with E-state index in [9.17, 15) is 0 Å². The summed E-state index contributed by atoms with van der Waals surface area (Å²) in [6.07, 6.45) is 3.59. The van der Waals surface area contributed by atoms with Gasteiger partial charge in [0.15, 0.2) is 0 Å². The van der Waals surface area contributed by atoms with Crippen molar-refractivity contribution in [3.05, 3.63) is 52.5 Å². The van der Waals surface area contributed by atoms with Gasteiger partial charge in [0.05, 0.1) is 6.61 Å². The molecule has 0 spiro atoms. The Morgan fingerprint density at radius 3 is 2.90 bits per heavy atom. The van der Waals surface area contributed by atoms with Gasteiger partial charge in [-0.15, -0.1) is 0 Å². The van der Waals surface area contributed by atoms with Crippen LogP contribution < -0.4 is 10.1 Å². The van der Waals surface area contributed by atoms with Gasteiger partial charge >= 0.3 is 0 Å². The summed E-state index contributed by atoms with van der Waals surface area (Å²) in [6, 6.07) is 13.4. The Kier molecular flexibility index (Phi) is 3.36. The molecule has 1 aliphatic heterocycles. The van der Waals surface area contributed by atoms with Gasteiger partial charge in [-0.05, 0) is 35.6 Å². The molecular weight excluding hydrogens is 282 g/mol. The summed E-state index contributed by atoms with van der Waals surface area (Å²) in [5.74, 6) is 1.03. The topological polar surface area (TPSA) is 21.3 Å². The van der Waals surface area contributed by atoms with Gasteiger partial charge in [0.2, 0.25) is 0 Å². The molecule has 1 aliphatic carbocycles. The van der Waals surface area contributed by atoms with Gasteiger partial charge in [-0.3, -0.25) is 0 Å². The van der Waals surface area contributed by atoms with Crippen molar-refractivity contribution in [2.75, 3.05) is 6.61 Å². The van der Waals surface area contributed by atoms with Gasteiger partial charge in [-0.2, -0.15) is 0 Å². The molecule has 0 radical (unpaired) electrons. The molecule has 108 valence electrons. The van der Waals surface area contributed by atoms with Crippen molar-refractivity contribution in [2.45, 2.75) is 31.8 Å². The SMILES string of the molecule is Clc1cc(-c2cccc3c2OCC3)ccc1CNC1CC1. The van der Waals surface area contributed by atoms with Crippen LogP contribution in [0, 0.1) is 0 Å². The minimum Gasteiger partial charge on any atom is -0.492 e. The molecular formula is C18H18ClNO. The maximum Gasteiger partial charge on any atom is 0.130 e. The van der Waals surface area contributed by atoms with Gasteiger partial charge in [0, 0.05) is 29.6 Å². The lowest BCUT2D eigenvalue weighted by Crippen LogP contribution is -2.15. The van der Waals surface area contributed by atoms with Gasteiger partial charge in [-0.1, -0.05) is 41.9 Å². The highest BCUT2D eigenvalue weighted by Gasteiger charge is 2.21. The monoisotopic (exact) mass is 299 g/mol. The molecule has 1 fully saturated rings. The summed E-state index contributed by atoms with van der Waals surface area (Å²) in [4.78, 5) is 0. The number of benzene rings is 2. The Morgan fingerprint density at radius 1 is 1.19 bits per heavy atom. The molecule has 1 N–H and O–H groups in total. The number of nitrogens with one attached hydrogen (secondary N) is 1. The van der Waals surface area contributed by atoms with E-state index in [1.807, 2.05) is 0 Å². The van der Waals surface area contributed by atoms with Gasteiger partial charge in [-0.25, -0.2) is 0 Å². The van der Waals surface area contributed by atoms with Crippen LogP contribution in [-0.2, 0) is 13.0 Å². The van der Waals surface area contributed by atoms with Crippen LogP contribution in [0.4, 0.5) is 0 Å². The maximum atomic E-state index is 6.45. The molecule has 0 bridgehead atoms. The molecule has 3 heteroatoms. The van der Waals surface area contributed by atoms with E-state index in [0.717, 1.165) is 41.5 Å². The van der Waals surface area contributed by atoms with Crippen LogP contribution in [0.1, 0.15) is 24.0 Å². The fourth-order valence-corrected chi connectivity index (χ4v) is 3.09. The molecule has 2 aromatic carbocycles. The second-order valence-electron chi connectivity index (χ2n) is 5.85. The van der Waals surface area contributed by atoms with E-state index < -0.39 is 0 Å². The Labute approximate surface area is 130 Å². The first-order valence-electron chi connectivity index (χ1n) is 7.58. The highest BCUT2D eigenvalue weighted by molar-refractivity contribution is 6.31. The van der Waals surface area contributed by atoms with E-state index in [1.54, 1.807) is 0 Å². The second kappa shape index (κ2) is 5.36. The van der Waals surface area contributed by atoms with Crippen LogP contribution in [0.25, 0.3) is 11.1 Å². The molecule has 0 saturated heterocycles. The quantitative estimate of drug-likeness (QED) is 0.914. The number of hydrogen-bond donors (Lipinski definition) is 1. The van der Waals surface area contributed by atoms with Crippen molar-refractivity contribution in [3.8, 4) is 16.9 Å². The van der Waals surface area contributed by atoms with E-state index in [4.69, 9.17) is 16.3 Å². The summed E-state index contributed by atoms with van der Waals surface area (Å²) < 4.78 is 5.79. The molecule has 2 aromatic rings. The largest absolute Gasteiger partial charge is 0.492 e. The van der Waals surface area contributed by atoms with Crippen LogP contribution in [-0.4, -0.2) is 12.6 Å². The number of fused-ring (bicyclic) bond motifs is 1. The van der Waals surface area contributed by atoms with Crippen molar-refractivity contribution in [3.63, 3.8) is 0 Å². The fourth-order valence-electron chi connectivity index (χ4n) is 2.84. The summed E-state index contributed by atoms with van der Waals surface area (Å²) in [6.45, 7) is 1.64. The number of halogens is 1. The molecule has 0 atom stereocenters. The Balaban J connectivity index is 1.63. The molecule has 0 aromatic heterocycles. The number of rotatable bonds is 4. The molecule has 1 heterocycles. The Hall–Kier alpha value is -1.51. The van der Waals surface area contributed by atoms with Crippen molar-refractivity contribution in [1.29, 1.82) is 0 Å². The smallest absolute Gasteiger partial charge is 0.130 e. The van der Waals surface area contributed by atoms with Gasteiger partial charge in [0.1, 0.15) is 5.75 Å². The first kappa shape index (κ1) is 13.2. The fraction of sp³-hybridized carbons (Fsp3) is 0.333. The number of para-hydroxylation sites is 1. The van der Waals surface area contributed by atoms with Crippen molar-refractivity contribution in [1.82, 2.24) is 5.32 Å². The zero-order valence-corrected chi connectivity index (χ0v) is 12.6. The van der Waals surface area contributed by atoms with Crippen LogP contribution >= 0.6 is 11.6 Å². The summed E-state index contributed by atoms with van der Waals surface area (Å²) >= 11 is 6.45. The van der Waals surface area contributed by atoms with E-state index >= 15 is 0 Å². The normalized spacial score (nSPS) is 16.6. The van der Waals surface area contributed by atoms with E-state index in [2.05, 4.69) is 41.7 Å². The average molecular weight is 300 g/mol. The molecule has 4 rings (SSSR count). The third-order valence-electron chi connectivity index (χ3n) is 4.24. The van der Waals surface area contributed by atoms with Crippen LogP contribution in [0.3, 0.4) is 0 Å². The van der Waals surface area contributed by atoms with E-state index in [-0.39, 0.29) is 0 Å². The lowest BCUT2D eigenvalue weighted by molar-refractivity contribution is 0.358. The van der Waals surface area contributed by atoms with Crippen molar-refractivity contribution >= 4 is 11.6 Å². The third-order valence-corrected chi connectivity index (χ3v) is 4.59. The molecule has 1 saturated carbocycles. The number of ether oxygens (including phenoxy) is 1. The van der Waals surface area contributed by atoms with E-state index in [0.29, 0.717) is 6.04 Å². The standard InChI is InChI=1S/C18H18ClNO/c19-17-10-13(4-5-14(17)11-20-15-6-7-15)16-3-1-2-12-8-9-21-18(12)16/h1-5,10,15,20H,6-9,11H2. The summed E-state index contributed by atoms with van der Waals surface area (Å²) in [7, 11) is 0. The van der Waals surface area contributed by atoms with Gasteiger partial charge < -0.3 is 10.1 Å². The predicted molar refractivity (Wildman–Crippen MR) is 85.9 cm³/mol. The maximum absolute atomic E-state index is 6.45. The lowest BCUT2D eigenvalue weighted by Gasteiger charge is -2.11. The first-order chi connectivity index (χ1) is 10.3. The zero-order valence-electron chi connectivity index (χ0n) is 11.9. The Bertz CT molecular complexity index is 679. The second-order valence-corrected chi connectivity index (χ2v) is 6.26. The average Bonchev–Trinajstić information content (AvgIpc) is 3.20.